The third-order valence-electron chi connectivity index (χ3n) is 5.43. The van der Waals surface area contributed by atoms with Gasteiger partial charge in [-0.1, -0.05) is 24.3 Å². The summed E-state index contributed by atoms with van der Waals surface area (Å²) in [6.45, 7) is 2.40. The molecule has 0 fully saturated rings. The van der Waals surface area contributed by atoms with E-state index in [9.17, 15) is 9.90 Å². The van der Waals surface area contributed by atoms with Crippen molar-refractivity contribution in [2.75, 3.05) is 11.9 Å². The Bertz CT molecular complexity index is 1190. The van der Waals surface area contributed by atoms with Crippen LogP contribution in [0.1, 0.15) is 40.9 Å². The Morgan fingerprint density at radius 1 is 1.26 bits per heavy atom. The summed E-state index contributed by atoms with van der Waals surface area (Å²) in [5.41, 5.74) is 6.19. The van der Waals surface area contributed by atoms with Crippen molar-refractivity contribution in [3.05, 3.63) is 71.5 Å². The van der Waals surface area contributed by atoms with Gasteiger partial charge >= 0.3 is 5.97 Å². The Morgan fingerprint density at radius 2 is 2.06 bits per heavy atom. The number of anilines is 1. The number of rotatable bonds is 5. The van der Waals surface area contributed by atoms with Gasteiger partial charge in [0.15, 0.2) is 0 Å². The third-order valence-corrected chi connectivity index (χ3v) is 5.43. The fourth-order valence-corrected chi connectivity index (χ4v) is 3.87. The zero-order valence-corrected chi connectivity index (χ0v) is 17.4. The molecule has 0 aliphatic carbocycles. The molecular formula is C23H24N6O2. The average molecular weight is 416 g/mol. The fraction of sp³-hybridized carbons (Fsp3) is 0.217. The Labute approximate surface area is 180 Å². The number of aryl methyl sites for hydroxylation is 1. The molecular weight excluding hydrogens is 392 g/mol. The number of hydrogen-bond donors (Lipinski definition) is 3. The summed E-state index contributed by atoms with van der Waals surface area (Å²) in [4.78, 5) is 16.4. The molecule has 8 nitrogen and oxygen atoms in total. The second-order valence-electron chi connectivity index (χ2n) is 7.49. The molecule has 8 heteroatoms. The standard InChI is InChI=1S/C23H24N6O2/c1-14(28-24)22-17-8-7-15(16-12-26-29(2)13-16)11-19(17)21(9-10-25-22)27-20-6-4-3-5-18(20)23(30)31/h3-8,11-13,21,27H,9-10,24H2,1-2H3,(H,30,31). The first-order valence-corrected chi connectivity index (χ1v) is 9.99. The van der Waals surface area contributed by atoms with Gasteiger partial charge in [-0.05, 0) is 42.7 Å². The number of fused-ring (bicyclic) bond motifs is 1. The fourth-order valence-electron chi connectivity index (χ4n) is 3.87. The highest BCUT2D eigenvalue weighted by Crippen LogP contribution is 2.33. The molecule has 0 saturated carbocycles. The van der Waals surface area contributed by atoms with E-state index < -0.39 is 5.97 Å². The van der Waals surface area contributed by atoms with Crippen LogP contribution in [0, 0.1) is 0 Å². The van der Waals surface area contributed by atoms with Crippen molar-refractivity contribution >= 4 is 23.1 Å². The molecule has 4 N–H and O–H groups in total. The van der Waals surface area contributed by atoms with Crippen molar-refractivity contribution in [2.45, 2.75) is 19.4 Å². The number of nitrogens with one attached hydrogen (secondary N) is 1. The Hall–Kier alpha value is -3.94. The van der Waals surface area contributed by atoms with E-state index in [0.717, 1.165) is 28.0 Å². The van der Waals surface area contributed by atoms with Gasteiger partial charge in [0.05, 0.1) is 29.2 Å². The molecule has 2 aromatic carbocycles. The molecule has 0 bridgehead atoms. The van der Waals surface area contributed by atoms with E-state index in [1.165, 1.54) is 0 Å². The van der Waals surface area contributed by atoms with Gasteiger partial charge in [-0.15, -0.1) is 0 Å². The number of para-hydroxylation sites is 1. The van der Waals surface area contributed by atoms with E-state index in [2.05, 4.69) is 21.6 Å². The summed E-state index contributed by atoms with van der Waals surface area (Å²) in [6.07, 6.45) is 4.48. The highest BCUT2D eigenvalue weighted by molar-refractivity contribution is 6.48. The number of hydrogen-bond acceptors (Lipinski definition) is 6. The third kappa shape index (κ3) is 4.05. The summed E-state index contributed by atoms with van der Waals surface area (Å²) in [5, 5.41) is 21.2. The normalized spacial score (nSPS) is 16.3. The smallest absolute Gasteiger partial charge is 0.337 e. The summed E-state index contributed by atoms with van der Waals surface area (Å²) >= 11 is 0. The van der Waals surface area contributed by atoms with E-state index in [1.807, 2.05) is 44.6 Å². The van der Waals surface area contributed by atoms with Gasteiger partial charge in [-0.2, -0.15) is 10.2 Å². The maximum Gasteiger partial charge on any atom is 0.337 e. The van der Waals surface area contributed by atoms with E-state index in [0.29, 0.717) is 24.4 Å². The van der Waals surface area contributed by atoms with Gasteiger partial charge < -0.3 is 16.3 Å². The predicted molar refractivity (Wildman–Crippen MR) is 122 cm³/mol. The number of benzene rings is 2. The number of hydrazone groups is 1. The van der Waals surface area contributed by atoms with E-state index >= 15 is 0 Å². The van der Waals surface area contributed by atoms with Crippen molar-refractivity contribution in [3.8, 4) is 11.1 Å². The van der Waals surface area contributed by atoms with Crippen LogP contribution in [-0.2, 0) is 7.05 Å². The number of carboxylic acids is 1. The van der Waals surface area contributed by atoms with Crippen LogP contribution in [-0.4, -0.2) is 38.8 Å². The molecule has 1 aromatic heterocycles. The van der Waals surface area contributed by atoms with Crippen LogP contribution in [0.25, 0.3) is 11.1 Å². The van der Waals surface area contributed by atoms with Crippen LogP contribution < -0.4 is 11.2 Å². The number of aromatic nitrogens is 2. The minimum absolute atomic E-state index is 0.140. The zero-order chi connectivity index (χ0) is 22.0. The molecule has 0 saturated heterocycles. The maximum absolute atomic E-state index is 11.7. The van der Waals surface area contributed by atoms with Crippen LogP contribution in [0.5, 0.6) is 0 Å². The van der Waals surface area contributed by atoms with Gasteiger partial charge in [0, 0.05) is 36.6 Å². The maximum atomic E-state index is 11.7. The largest absolute Gasteiger partial charge is 0.478 e. The molecule has 2 heterocycles. The molecule has 4 rings (SSSR count). The quantitative estimate of drug-likeness (QED) is 0.334. The van der Waals surface area contributed by atoms with E-state index in [4.69, 9.17) is 10.8 Å². The monoisotopic (exact) mass is 416 g/mol. The first kappa shape index (κ1) is 20.3. The summed E-state index contributed by atoms with van der Waals surface area (Å²) in [6, 6.07) is 13.0. The van der Waals surface area contributed by atoms with Crippen LogP contribution >= 0.6 is 0 Å². The lowest BCUT2D eigenvalue weighted by Crippen LogP contribution is -2.18. The van der Waals surface area contributed by atoms with Crippen molar-refractivity contribution in [1.82, 2.24) is 9.78 Å². The van der Waals surface area contributed by atoms with E-state index in [-0.39, 0.29) is 11.6 Å². The van der Waals surface area contributed by atoms with Gasteiger partial charge in [0.1, 0.15) is 0 Å². The van der Waals surface area contributed by atoms with Crippen molar-refractivity contribution in [2.24, 2.45) is 23.0 Å². The lowest BCUT2D eigenvalue weighted by atomic mass is 9.91. The van der Waals surface area contributed by atoms with Crippen LogP contribution in [0.4, 0.5) is 5.69 Å². The Morgan fingerprint density at radius 3 is 2.77 bits per heavy atom. The molecule has 0 radical (unpaired) electrons. The Kier molecular flexibility index (Phi) is 5.53. The lowest BCUT2D eigenvalue weighted by molar-refractivity contribution is 0.0698. The predicted octanol–water partition coefficient (Wildman–Crippen LogP) is 3.47. The number of carbonyl (C=O) groups is 1. The first-order chi connectivity index (χ1) is 15.0. The van der Waals surface area contributed by atoms with Crippen LogP contribution in [0.2, 0.25) is 0 Å². The van der Waals surface area contributed by atoms with Crippen molar-refractivity contribution in [3.63, 3.8) is 0 Å². The second kappa shape index (κ2) is 8.43. The van der Waals surface area contributed by atoms with Gasteiger partial charge in [0.25, 0.3) is 0 Å². The van der Waals surface area contributed by atoms with Gasteiger partial charge in [-0.25, -0.2) is 4.79 Å². The second-order valence-corrected chi connectivity index (χ2v) is 7.49. The number of nitrogens with zero attached hydrogens (tertiary/aromatic N) is 4. The molecule has 31 heavy (non-hydrogen) atoms. The summed E-state index contributed by atoms with van der Waals surface area (Å²) < 4.78 is 1.76. The molecule has 1 atom stereocenters. The lowest BCUT2D eigenvalue weighted by Gasteiger charge is -2.22. The number of nitrogens with two attached hydrogens (primary N) is 1. The Balaban J connectivity index is 1.82. The summed E-state index contributed by atoms with van der Waals surface area (Å²) in [5.74, 6) is 4.59. The van der Waals surface area contributed by atoms with Crippen LogP contribution in [0.3, 0.4) is 0 Å². The van der Waals surface area contributed by atoms with Crippen LogP contribution in [0.15, 0.2) is 65.0 Å². The van der Waals surface area contributed by atoms with Crippen molar-refractivity contribution < 1.29 is 9.90 Å². The highest BCUT2D eigenvalue weighted by Gasteiger charge is 2.24. The average Bonchev–Trinajstić information content (AvgIpc) is 3.13. The molecule has 0 amide bonds. The molecule has 0 spiro atoms. The minimum Gasteiger partial charge on any atom is -0.478 e. The zero-order valence-electron chi connectivity index (χ0n) is 17.4. The molecule has 3 aromatic rings. The topological polar surface area (TPSA) is 118 Å². The first-order valence-electron chi connectivity index (χ1n) is 9.99. The number of carboxylic acid groups (broad SMARTS) is 1. The molecule has 1 aliphatic heterocycles. The van der Waals surface area contributed by atoms with Gasteiger partial charge in [-0.3, -0.25) is 9.67 Å². The van der Waals surface area contributed by atoms with E-state index in [1.54, 1.807) is 22.9 Å². The summed E-state index contributed by atoms with van der Waals surface area (Å²) in [7, 11) is 1.88. The minimum atomic E-state index is -0.968. The number of aliphatic imine (C=N–C) groups is 1. The van der Waals surface area contributed by atoms with Gasteiger partial charge in [0.2, 0.25) is 0 Å². The number of aromatic carboxylic acids is 1. The highest BCUT2D eigenvalue weighted by atomic mass is 16.4. The molecule has 1 unspecified atom stereocenters. The molecule has 1 aliphatic rings. The SMILES string of the molecule is CC(=NN)C1=NCCC(Nc2ccccc2C(=O)O)c2cc(-c3cnn(C)c3)ccc21. The molecule has 158 valence electrons. The van der Waals surface area contributed by atoms with Crippen molar-refractivity contribution in [1.29, 1.82) is 0 Å².